The molecule has 1 aromatic heterocycles. The van der Waals surface area contributed by atoms with Crippen molar-refractivity contribution in [3.63, 3.8) is 0 Å². The van der Waals surface area contributed by atoms with Crippen LogP contribution in [0.2, 0.25) is 0 Å². The molecule has 0 bridgehead atoms. The zero-order valence-corrected chi connectivity index (χ0v) is 18.1. The van der Waals surface area contributed by atoms with E-state index in [0.29, 0.717) is 11.5 Å². The summed E-state index contributed by atoms with van der Waals surface area (Å²) < 4.78 is 9.68. The van der Waals surface area contributed by atoms with Gasteiger partial charge in [-0.15, -0.1) is 0 Å². The van der Waals surface area contributed by atoms with E-state index >= 15 is 0 Å². The van der Waals surface area contributed by atoms with E-state index in [2.05, 4.69) is 43.3 Å². The molecule has 0 aliphatic rings. The molecule has 0 aliphatic heterocycles. The summed E-state index contributed by atoms with van der Waals surface area (Å²) in [5.74, 6) is 1.23. The standard InChI is InChI=1S/C24H25N3OS/c1-5-21-17(11-12-28-4)7-6-8-22(21)23-26-24(29-27-23)19-10-9-18(13-16(2)3)20(14-19)15-25/h6-12,14,16H,5,13H2,1-4H3/b12-11+. The van der Waals surface area contributed by atoms with Crippen molar-refractivity contribution in [2.24, 2.45) is 5.92 Å². The van der Waals surface area contributed by atoms with Gasteiger partial charge in [-0.3, -0.25) is 0 Å². The number of hydrogen-bond acceptors (Lipinski definition) is 5. The normalized spacial score (nSPS) is 11.2. The van der Waals surface area contributed by atoms with Gasteiger partial charge < -0.3 is 4.74 Å². The molecule has 3 rings (SSSR count). The largest absolute Gasteiger partial charge is 0.504 e. The van der Waals surface area contributed by atoms with Gasteiger partial charge in [-0.25, -0.2) is 4.98 Å². The Morgan fingerprint density at radius 2 is 2.07 bits per heavy atom. The summed E-state index contributed by atoms with van der Waals surface area (Å²) >= 11 is 1.37. The van der Waals surface area contributed by atoms with E-state index in [1.54, 1.807) is 13.4 Å². The lowest BCUT2D eigenvalue weighted by Gasteiger charge is -2.09. The molecule has 29 heavy (non-hydrogen) atoms. The van der Waals surface area contributed by atoms with Gasteiger partial charge in [0.2, 0.25) is 0 Å². The van der Waals surface area contributed by atoms with Gasteiger partial charge in [-0.2, -0.15) is 9.64 Å². The molecule has 0 spiro atoms. The summed E-state index contributed by atoms with van der Waals surface area (Å²) in [6.07, 6.45) is 5.41. The lowest BCUT2D eigenvalue weighted by Crippen LogP contribution is -1.97. The fraction of sp³-hybridized carbons (Fsp3) is 0.292. The van der Waals surface area contributed by atoms with Crippen LogP contribution < -0.4 is 0 Å². The van der Waals surface area contributed by atoms with E-state index in [1.165, 1.54) is 17.1 Å². The molecule has 2 aromatic carbocycles. The lowest BCUT2D eigenvalue weighted by atomic mass is 9.97. The molecule has 0 amide bonds. The summed E-state index contributed by atoms with van der Waals surface area (Å²) in [5, 5.41) is 10.4. The second kappa shape index (κ2) is 9.49. The molecule has 4 nitrogen and oxygen atoms in total. The minimum Gasteiger partial charge on any atom is -0.504 e. The molecule has 0 saturated carbocycles. The molecule has 0 saturated heterocycles. The van der Waals surface area contributed by atoms with Crippen molar-refractivity contribution in [3.8, 4) is 28.0 Å². The average molecular weight is 404 g/mol. The van der Waals surface area contributed by atoms with Gasteiger partial charge >= 0.3 is 0 Å². The first-order valence-electron chi connectivity index (χ1n) is 9.76. The number of rotatable bonds is 7. The lowest BCUT2D eigenvalue weighted by molar-refractivity contribution is 0.341. The van der Waals surface area contributed by atoms with E-state index in [-0.39, 0.29) is 0 Å². The van der Waals surface area contributed by atoms with Crippen LogP contribution in [-0.4, -0.2) is 16.5 Å². The summed E-state index contributed by atoms with van der Waals surface area (Å²) in [6, 6.07) is 14.5. The number of nitriles is 1. The van der Waals surface area contributed by atoms with Crippen molar-refractivity contribution in [1.29, 1.82) is 5.26 Å². The van der Waals surface area contributed by atoms with E-state index in [1.807, 2.05) is 30.3 Å². The van der Waals surface area contributed by atoms with Gasteiger partial charge in [-0.05, 0) is 59.1 Å². The zero-order chi connectivity index (χ0) is 20.8. The Kier molecular flexibility index (Phi) is 6.79. The number of nitrogens with zero attached hydrogens (tertiary/aromatic N) is 3. The second-order valence-electron chi connectivity index (χ2n) is 7.27. The molecular weight excluding hydrogens is 378 g/mol. The van der Waals surface area contributed by atoms with Crippen LogP contribution in [0.3, 0.4) is 0 Å². The monoisotopic (exact) mass is 403 g/mol. The van der Waals surface area contributed by atoms with Crippen molar-refractivity contribution in [3.05, 3.63) is 64.9 Å². The first-order valence-corrected chi connectivity index (χ1v) is 10.5. The maximum absolute atomic E-state index is 9.56. The van der Waals surface area contributed by atoms with Gasteiger partial charge in [0.1, 0.15) is 5.01 Å². The molecule has 0 N–H and O–H groups in total. The number of hydrogen-bond donors (Lipinski definition) is 0. The summed E-state index contributed by atoms with van der Waals surface area (Å²) in [4.78, 5) is 4.79. The molecule has 148 valence electrons. The Hall–Kier alpha value is -2.97. The number of methoxy groups -OCH3 is 1. The predicted octanol–water partition coefficient (Wildman–Crippen LogP) is 6.12. The fourth-order valence-corrected chi connectivity index (χ4v) is 4.06. The fourth-order valence-electron chi connectivity index (χ4n) is 3.39. The van der Waals surface area contributed by atoms with Crippen LogP contribution in [0.1, 0.15) is 43.0 Å². The van der Waals surface area contributed by atoms with Crippen LogP contribution in [0, 0.1) is 17.2 Å². The van der Waals surface area contributed by atoms with E-state index in [0.717, 1.165) is 45.9 Å². The molecule has 0 unspecified atom stereocenters. The highest BCUT2D eigenvalue weighted by Gasteiger charge is 2.15. The molecule has 5 heteroatoms. The highest BCUT2D eigenvalue weighted by atomic mass is 32.1. The quantitative estimate of drug-likeness (QED) is 0.446. The zero-order valence-electron chi connectivity index (χ0n) is 17.3. The SMILES string of the molecule is CCc1c(/C=C/OC)cccc1-c1nsc(-c2ccc(CC(C)C)c(C#N)c2)n1. The summed E-state index contributed by atoms with van der Waals surface area (Å²) in [6.45, 7) is 6.45. The highest BCUT2D eigenvalue weighted by Crippen LogP contribution is 2.31. The van der Waals surface area contributed by atoms with Crippen LogP contribution >= 0.6 is 11.5 Å². The topological polar surface area (TPSA) is 58.8 Å². The van der Waals surface area contributed by atoms with Gasteiger partial charge in [0.15, 0.2) is 5.82 Å². The Bertz CT molecular complexity index is 1060. The van der Waals surface area contributed by atoms with Gasteiger partial charge in [0.05, 0.1) is 25.0 Å². The number of benzene rings is 2. The predicted molar refractivity (Wildman–Crippen MR) is 119 cm³/mol. The summed E-state index contributed by atoms with van der Waals surface area (Å²) in [5.41, 5.74) is 6.07. The Balaban J connectivity index is 1.98. The molecule has 0 radical (unpaired) electrons. The Morgan fingerprint density at radius 3 is 2.76 bits per heavy atom. The number of aromatic nitrogens is 2. The second-order valence-corrected chi connectivity index (χ2v) is 8.02. The van der Waals surface area contributed by atoms with Crippen LogP contribution in [0.5, 0.6) is 0 Å². The third-order valence-electron chi connectivity index (χ3n) is 4.72. The smallest absolute Gasteiger partial charge is 0.173 e. The molecule has 0 atom stereocenters. The number of ether oxygens (including phenoxy) is 1. The first-order chi connectivity index (χ1) is 14.1. The van der Waals surface area contributed by atoms with Crippen LogP contribution in [0.4, 0.5) is 0 Å². The van der Waals surface area contributed by atoms with E-state index in [9.17, 15) is 5.26 Å². The highest BCUT2D eigenvalue weighted by molar-refractivity contribution is 7.09. The maximum atomic E-state index is 9.56. The Morgan fingerprint density at radius 1 is 1.24 bits per heavy atom. The minimum atomic E-state index is 0.507. The van der Waals surface area contributed by atoms with Crippen molar-refractivity contribution in [1.82, 2.24) is 9.36 Å². The molecule has 0 aliphatic carbocycles. The average Bonchev–Trinajstić information content (AvgIpc) is 3.21. The van der Waals surface area contributed by atoms with Crippen LogP contribution in [0.25, 0.3) is 28.0 Å². The van der Waals surface area contributed by atoms with Gasteiger partial charge in [0.25, 0.3) is 0 Å². The van der Waals surface area contributed by atoms with Crippen molar-refractivity contribution in [2.45, 2.75) is 33.6 Å². The maximum Gasteiger partial charge on any atom is 0.173 e. The molecule has 1 heterocycles. The van der Waals surface area contributed by atoms with Gasteiger partial charge in [-0.1, -0.05) is 51.1 Å². The molecular formula is C24H25N3OS. The van der Waals surface area contributed by atoms with Crippen LogP contribution in [-0.2, 0) is 17.6 Å². The van der Waals surface area contributed by atoms with Crippen molar-refractivity contribution < 1.29 is 4.74 Å². The Labute approximate surface area is 176 Å². The third kappa shape index (κ3) is 4.72. The summed E-state index contributed by atoms with van der Waals surface area (Å²) in [7, 11) is 1.64. The molecule has 3 aromatic rings. The van der Waals surface area contributed by atoms with E-state index < -0.39 is 0 Å². The van der Waals surface area contributed by atoms with Crippen molar-refractivity contribution in [2.75, 3.05) is 7.11 Å². The van der Waals surface area contributed by atoms with Gasteiger partial charge in [0, 0.05) is 11.1 Å². The van der Waals surface area contributed by atoms with Crippen LogP contribution in [0.15, 0.2) is 42.7 Å². The van der Waals surface area contributed by atoms with Crippen molar-refractivity contribution >= 4 is 17.6 Å². The van der Waals surface area contributed by atoms with E-state index in [4.69, 9.17) is 9.72 Å². The first kappa shape index (κ1) is 20.8. The minimum absolute atomic E-state index is 0.507. The molecule has 0 fully saturated rings. The third-order valence-corrected chi connectivity index (χ3v) is 5.49.